The van der Waals surface area contributed by atoms with Gasteiger partial charge in [0.25, 0.3) is 0 Å². The van der Waals surface area contributed by atoms with Crippen molar-refractivity contribution >= 4 is 17.6 Å². The summed E-state index contributed by atoms with van der Waals surface area (Å²) in [6.07, 6.45) is -1.45. The molecule has 0 bridgehead atoms. The zero-order valence-corrected chi connectivity index (χ0v) is 17.5. The number of rotatable bonds is 6. The number of hydrogen-bond donors (Lipinski definition) is 1. The number of ether oxygens (including phenoxy) is 2. The molecule has 1 aromatic rings. The van der Waals surface area contributed by atoms with E-state index >= 15 is 0 Å². The molecule has 1 aliphatic heterocycles. The van der Waals surface area contributed by atoms with Crippen LogP contribution < -0.4 is 15.0 Å². The molecular weight excluding hydrogens is 415 g/mol. The summed E-state index contributed by atoms with van der Waals surface area (Å²) in [4.78, 5) is 28.0. The number of halogens is 3. The molecule has 1 saturated heterocycles. The van der Waals surface area contributed by atoms with E-state index in [4.69, 9.17) is 4.74 Å². The second-order valence-electron chi connectivity index (χ2n) is 7.76. The third kappa shape index (κ3) is 5.88. The zero-order chi connectivity index (χ0) is 22.4. The van der Waals surface area contributed by atoms with Crippen LogP contribution in [0.3, 0.4) is 0 Å². The molecule has 0 spiro atoms. The van der Waals surface area contributed by atoms with Crippen molar-refractivity contribution in [3.63, 3.8) is 0 Å². The minimum atomic E-state index is -5.08. The van der Waals surface area contributed by atoms with Gasteiger partial charge in [-0.3, -0.25) is 9.69 Å². The fraction of sp³-hybridized carbons (Fsp3) is 0.619. The third-order valence-electron chi connectivity index (χ3n) is 5.67. The molecule has 172 valence electrons. The molecule has 0 aromatic heterocycles. The van der Waals surface area contributed by atoms with Crippen molar-refractivity contribution in [1.82, 2.24) is 10.2 Å². The fourth-order valence-electron chi connectivity index (χ4n) is 4.16. The van der Waals surface area contributed by atoms with E-state index in [1.54, 1.807) is 11.0 Å². The van der Waals surface area contributed by atoms with E-state index in [0.29, 0.717) is 18.0 Å². The molecule has 10 heteroatoms. The predicted molar refractivity (Wildman–Crippen MR) is 108 cm³/mol. The summed E-state index contributed by atoms with van der Waals surface area (Å²) in [7, 11) is 1.53. The minimum Gasteiger partial charge on any atom is -0.495 e. The Morgan fingerprint density at radius 1 is 1.19 bits per heavy atom. The highest BCUT2D eigenvalue weighted by molar-refractivity contribution is 5.97. The van der Waals surface area contributed by atoms with Crippen LogP contribution in [0.2, 0.25) is 0 Å². The van der Waals surface area contributed by atoms with E-state index < -0.39 is 18.4 Å². The van der Waals surface area contributed by atoms with Crippen LogP contribution in [0.5, 0.6) is 5.75 Å². The number of alkyl halides is 3. The lowest BCUT2D eigenvalue weighted by Crippen LogP contribution is -2.57. The van der Waals surface area contributed by atoms with Gasteiger partial charge in [-0.1, -0.05) is 31.4 Å². The summed E-state index contributed by atoms with van der Waals surface area (Å²) in [6.45, 7) is 0.622. The van der Waals surface area contributed by atoms with Gasteiger partial charge >= 0.3 is 12.1 Å². The Labute approximate surface area is 179 Å². The quantitative estimate of drug-likeness (QED) is 0.682. The van der Waals surface area contributed by atoms with Crippen LogP contribution in [0.4, 0.5) is 18.9 Å². The molecule has 1 atom stereocenters. The lowest BCUT2D eigenvalue weighted by Gasteiger charge is -2.39. The lowest BCUT2D eigenvalue weighted by atomic mass is 9.93. The van der Waals surface area contributed by atoms with Crippen molar-refractivity contribution in [2.45, 2.75) is 50.6 Å². The van der Waals surface area contributed by atoms with Crippen molar-refractivity contribution < 1.29 is 32.2 Å². The van der Waals surface area contributed by atoms with Crippen molar-refractivity contribution in [1.29, 1.82) is 0 Å². The topological polar surface area (TPSA) is 71.1 Å². The van der Waals surface area contributed by atoms with Gasteiger partial charge in [0.1, 0.15) is 5.75 Å². The van der Waals surface area contributed by atoms with Crippen LogP contribution in [0.15, 0.2) is 24.3 Å². The Morgan fingerprint density at radius 2 is 1.90 bits per heavy atom. The molecular formula is C21H28F3N3O4. The molecule has 3 rings (SSSR count). The number of amides is 1. The molecule has 1 unspecified atom stereocenters. The Balaban J connectivity index is 1.80. The average Bonchev–Trinajstić information content (AvgIpc) is 2.75. The number of carbonyl (C=O) groups is 2. The first kappa shape index (κ1) is 23.3. The molecule has 1 aliphatic carbocycles. The average molecular weight is 443 g/mol. The van der Waals surface area contributed by atoms with Crippen molar-refractivity contribution in [2.75, 3.05) is 38.2 Å². The normalized spacial score (nSPS) is 20.8. The van der Waals surface area contributed by atoms with Gasteiger partial charge in [-0.05, 0) is 25.0 Å². The molecule has 7 nitrogen and oxygen atoms in total. The highest BCUT2D eigenvalue weighted by Crippen LogP contribution is 2.34. The number of methoxy groups -OCH3 is 1. The first-order valence-corrected chi connectivity index (χ1v) is 10.5. The van der Waals surface area contributed by atoms with E-state index in [1.807, 2.05) is 18.2 Å². The smallest absolute Gasteiger partial charge is 0.490 e. The number of carbonyl (C=O) groups excluding carboxylic acids is 2. The number of hydrogen-bond acceptors (Lipinski definition) is 6. The second kappa shape index (κ2) is 10.3. The van der Waals surface area contributed by atoms with E-state index in [0.717, 1.165) is 32.1 Å². The summed E-state index contributed by atoms with van der Waals surface area (Å²) in [5.41, 5.74) is 0.640. The number of para-hydroxylation sites is 2. The highest BCUT2D eigenvalue weighted by Gasteiger charge is 2.44. The van der Waals surface area contributed by atoms with E-state index in [1.165, 1.54) is 12.0 Å². The van der Waals surface area contributed by atoms with Crippen molar-refractivity contribution in [3.05, 3.63) is 24.3 Å². The standard InChI is InChI=1S/C21H28F3N3O4/c1-30-17-10-6-5-9-16(17)27(15-7-3-2-4-8-15)18(28)14-26-12-11-25-13-19(26)31-20(29)21(22,23)24/h5-6,9-10,15,19,25H,2-4,7-8,11-14H2,1H3. The second-order valence-corrected chi connectivity index (χ2v) is 7.76. The van der Waals surface area contributed by atoms with Crippen LogP contribution >= 0.6 is 0 Å². The van der Waals surface area contributed by atoms with Gasteiger partial charge in [0.2, 0.25) is 5.91 Å². The summed E-state index contributed by atoms with van der Waals surface area (Å²) < 4.78 is 48.1. The molecule has 1 aromatic carbocycles. The summed E-state index contributed by atoms with van der Waals surface area (Å²) >= 11 is 0. The minimum absolute atomic E-state index is 0.0170. The third-order valence-corrected chi connectivity index (χ3v) is 5.67. The largest absolute Gasteiger partial charge is 0.495 e. The molecule has 31 heavy (non-hydrogen) atoms. The lowest BCUT2D eigenvalue weighted by molar-refractivity contribution is -0.213. The van der Waals surface area contributed by atoms with Crippen molar-refractivity contribution in [3.8, 4) is 5.75 Å². The van der Waals surface area contributed by atoms with E-state index in [-0.39, 0.29) is 31.6 Å². The Hall–Kier alpha value is -2.33. The summed E-state index contributed by atoms with van der Waals surface area (Å²) in [5.74, 6) is -1.96. The van der Waals surface area contributed by atoms with Crippen LogP contribution in [-0.2, 0) is 14.3 Å². The van der Waals surface area contributed by atoms with Crippen LogP contribution in [0, 0.1) is 0 Å². The number of anilines is 1. The van der Waals surface area contributed by atoms with Gasteiger partial charge in [-0.25, -0.2) is 4.79 Å². The molecule has 1 amide bonds. The predicted octanol–water partition coefficient (Wildman–Crippen LogP) is 2.70. The number of piperazine rings is 1. The zero-order valence-electron chi connectivity index (χ0n) is 17.5. The molecule has 1 heterocycles. The van der Waals surface area contributed by atoms with Gasteiger partial charge in [0.15, 0.2) is 6.23 Å². The first-order valence-electron chi connectivity index (χ1n) is 10.5. The molecule has 0 radical (unpaired) electrons. The van der Waals surface area contributed by atoms with Gasteiger partial charge < -0.3 is 19.7 Å². The van der Waals surface area contributed by atoms with E-state index in [2.05, 4.69) is 10.1 Å². The first-order chi connectivity index (χ1) is 14.8. The van der Waals surface area contributed by atoms with Gasteiger partial charge in [-0.2, -0.15) is 13.2 Å². The fourth-order valence-corrected chi connectivity index (χ4v) is 4.16. The maximum atomic E-state index is 13.5. The SMILES string of the molecule is COc1ccccc1N(C(=O)CN1CCNCC1OC(=O)C(F)(F)F)C1CCCCC1. The number of esters is 1. The van der Waals surface area contributed by atoms with Crippen molar-refractivity contribution in [2.24, 2.45) is 0 Å². The molecule has 2 aliphatic rings. The highest BCUT2D eigenvalue weighted by atomic mass is 19.4. The molecule has 1 N–H and O–H groups in total. The van der Waals surface area contributed by atoms with Crippen LogP contribution in [-0.4, -0.2) is 68.5 Å². The Bertz CT molecular complexity index is 768. The van der Waals surface area contributed by atoms with Gasteiger partial charge in [-0.15, -0.1) is 0 Å². The van der Waals surface area contributed by atoms with Crippen LogP contribution in [0.1, 0.15) is 32.1 Å². The number of nitrogens with one attached hydrogen (secondary N) is 1. The van der Waals surface area contributed by atoms with Gasteiger partial charge in [0.05, 0.1) is 19.3 Å². The maximum Gasteiger partial charge on any atom is 0.490 e. The maximum absolute atomic E-state index is 13.5. The Morgan fingerprint density at radius 3 is 2.58 bits per heavy atom. The summed E-state index contributed by atoms with van der Waals surface area (Å²) in [6, 6.07) is 7.20. The van der Waals surface area contributed by atoms with Gasteiger partial charge in [0, 0.05) is 25.7 Å². The number of nitrogens with zero attached hydrogens (tertiary/aromatic N) is 2. The number of benzene rings is 1. The van der Waals surface area contributed by atoms with E-state index in [9.17, 15) is 22.8 Å². The summed E-state index contributed by atoms with van der Waals surface area (Å²) in [5, 5.41) is 2.91. The van der Waals surface area contributed by atoms with Crippen LogP contribution in [0.25, 0.3) is 0 Å². The Kier molecular flexibility index (Phi) is 7.77. The monoisotopic (exact) mass is 443 g/mol. The molecule has 2 fully saturated rings. The molecule has 1 saturated carbocycles.